The molecule has 0 radical (unpaired) electrons. The van der Waals surface area contributed by atoms with Crippen molar-refractivity contribution in [2.45, 2.75) is 60.8 Å². The second kappa shape index (κ2) is 11.5. The Balaban J connectivity index is 0.000000829. The smallest absolute Gasteiger partial charge is 0.0187 e. The van der Waals surface area contributed by atoms with Gasteiger partial charge in [0.15, 0.2) is 0 Å². The molecule has 0 heterocycles. The highest BCUT2D eigenvalue weighted by Crippen LogP contribution is 2.23. The van der Waals surface area contributed by atoms with Crippen LogP contribution in [0.2, 0.25) is 0 Å². The molecule has 1 aliphatic rings. The number of allylic oxidation sites excluding steroid dienone is 4. The fourth-order valence-corrected chi connectivity index (χ4v) is 2.07. The maximum absolute atomic E-state index is 2.38. The lowest BCUT2D eigenvalue weighted by atomic mass is 9.94. The van der Waals surface area contributed by atoms with Gasteiger partial charge in [-0.3, -0.25) is 0 Å². The molecule has 0 aromatic heterocycles. The van der Waals surface area contributed by atoms with Gasteiger partial charge >= 0.3 is 0 Å². The van der Waals surface area contributed by atoms with Crippen molar-refractivity contribution in [3.63, 3.8) is 0 Å². The van der Waals surface area contributed by atoms with Crippen molar-refractivity contribution in [1.82, 2.24) is 0 Å². The van der Waals surface area contributed by atoms with Crippen LogP contribution >= 0.6 is 0 Å². The fraction of sp³-hybridized carbons (Fsp3) is 0.500. The summed E-state index contributed by atoms with van der Waals surface area (Å²) < 4.78 is 0. The summed E-state index contributed by atoms with van der Waals surface area (Å²) in [6.45, 7) is 12.5. The molecule has 0 saturated heterocycles. The van der Waals surface area contributed by atoms with Crippen LogP contribution in [0.1, 0.15) is 65.0 Å². The lowest BCUT2D eigenvalue weighted by Crippen LogP contribution is -1.95. The highest BCUT2D eigenvalue weighted by molar-refractivity contribution is 5.74. The second-order valence-corrected chi connectivity index (χ2v) is 4.85. The van der Waals surface area contributed by atoms with Gasteiger partial charge in [-0.25, -0.2) is 0 Å². The van der Waals surface area contributed by atoms with E-state index in [9.17, 15) is 0 Å². The molecule has 0 heteroatoms. The van der Waals surface area contributed by atoms with E-state index in [0.717, 1.165) is 5.92 Å². The molecule has 0 N–H and O–H groups in total. The molecular weight excluding hydrogens is 240 g/mol. The molecule has 0 saturated carbocycles. The van der Waals surface area contributed by atoms with Crippen LogP contribution in [0, 0.1) is 12.8 Å². The van der Waals surface area contributed by atoms with Crippen molar-refractivity contribution in [1.29, 1.82) is 0 Å². The maximum atomic E-state index is 2.38. The van der Waals surface area contributed by atoms with Gasteiger partial charge in [-0.15, -0.1) is 0 Å². The van der Waals surface area contributed by atoms with Gasteiger partial charge in [-0.2, -0.15) is 0 Å². The molecule has 20 heavy (non-hydrogen) atoms. The minimum Gasteiger partial charge on any atom is -0.0839 e. The Bertz CT molecular complexity index is 393. The van der Waals surface area contributed by atoms with Gasteiger partial charge in [0, 0.05) is 0 Å². The second-order valence-electron chi connectivity index (χ2n) is 4.85. The summed E-state index contributed by atoms with van der Waals surface area (Å²) in [4.78, 5) is 0. The third kappa shape index (κ3) is 6.75. The van der Waals surface area contributed by atoms with Crippen LogP contribution in [-0.2, 0) is 0 Å². The SMILES string of the molecule is CC.CC.Cc1ccc(C2=C/CC(C)CC/C=C\2)cc1. The van der Waals surface area contributed by atoms with Crippen LogP contribution in [0.3, 0.4) is 0 Å². The first-order valence-corrected chi connectivity index (χ1v) is 8.19. The Labute approximate surface area is 126 Å². The summed E-state index contributed by atoms with van der Waals surface area (Å²) in [6.07, 6.45) is 10.7. The maximum Gasteiger partial charge on any atom is -0.0187 e. The van der Waals surface area contributed by atoms with E-state index in [-0.39, 0.29) is 0 Å². The van der Waals surface area contributed by atoms with Gasteiger partial charge in [0.05, 0.1) is 0 Å². The van der Waals surface area contributed by atoms with Crippen molar-refractivity contribution in [3.8, 4) is 0 Å². The summed E-state index contributed by atoms with van der Waals surface area (Å²) >= 11 is 0. The molecule has 0 bridgehead atoms. The monoisotopic (exact) mass is 272 g/mol. The van der Waals surface area contributed by atoms with Crippen LogP contribution in [-0.4, -0.2) is 0 Å². The molecule has 0 aliphatic heterocycles. The Kier molecular flexibility index (Phi) is 10.8. The molecule has 1 aromatic carbocycles. The zero-order chi connectivity index (χ0) is 15.4. The molecular formula is C20H32. The third-order valence-corrected chi connectivity index (χ3v) is 3.25. The first-order valence-electron chi connectivity index (χ1n) is 8.19. The van der Waals surface area contributed by atoms with Gasteiger partial charge in [-0.05, 0) is 43.2 Å². The van der Waals surface area contributed by atoms with Crippen molar-refractivity contribution in [2.75, 3.05) is 0 Å². The Hall–Kier alpha value is -1.30. The van der Waals surface area contributed by atoms with Gasteiger partial charge in [-0.1, -0.05) is 82.7 Å². The van der Waals surface area contributed by atoms with E-state index in [4.69, 9.17) is 0 Å². The van der Waals surface area contributed by atoms with E-state index in [2.05, 4.69) is 56.3 Å². The van der Waals surface area contributed by atoms with Crippen molar-refractivity contribution >= 4 is 5.57 Å². The first-order chi connectivity index (χ1) is 9.75. The molecule has 1 unspecified atom stereocenters. The molecule has 1 atom stereocenters. The van der Waals surface area contributed by atoms with E-state index >= 15 is 0 Å². The summed E-state index contributed by atoms with van der Waals surface area (Å²) in [5, 5.41) is 0. The number of hydrogen-bond acceptors (Lipinski definition) is 0. The molecule has 0 fully saturated rings. The molecule has 2 rings (SSSR count). The standard InChI is InChI=1S/C16H20.2C2H6/c1-13-5-3-4-6-15(10-7-13)16-11-8-14(2)9-12-16;2*1-2/h4,6,8-13H,3,5,7H2,1-2H3;2*1-2H3/b6-4-,15-10+;;. The quantitative estimate of drug-likeness (QED) is 0.527. The molecule has 1 aliphatic carbocycles. The Morgan fingerprint density at radius 1 is 0.950 bits per heavy atom. The minimum absolute atomic E-state index is 0.811. The van der Waals surface area contributed by atoms with Gasteiger partial charge in [0.2, 0.25) is 0 Å². The normalized spacial score (nSPS) is 21.7. The first kappa shape index (κ1) is 18.7. The molecule has 0 nitrogen and oxygen atoms in total. The van der Waals surface area contributed by atoms with Crippen molar-refractivity contribution in [3.05, 3.63) is 53.6 Å². The Morgan fingerprint density at radius 3 is 2.15 bits per heavy atom. The number of aryl methyl sites for hydroxylation is 1. The van der Waals surface area contributed by atoms with Crippen LogP contribution in [0.15, 0.2) is 42.5 Å². The highest BCUT2D eigenvalue weighted by Gasteiger charge is 2.04. The zero-order valence-corrected chi connectivity index (χ0v) is 14.2. The molecule has 112 valence electrons. The molecule has 0 amide bonds. The molecule has 0 spiro atoms. The van der Waals surface area contributed by atoms with Gasteiger partial charge in [0.1, 0.15) is 0 Å². The predicted octanol–water partition coefficient (Wildman–Crippen LogP) is 6.81. The average molecular weight is 272 g/mol. The number of rotatable bonds is 1. The zero-order valence-electron chi connectivity index (χ0n) is 14.2. The van der Waals surface area contributed by atoms with E-state index < -0.39 is 0 Å². The highest BCUT2D eigenvalue weighted by atomic mass is 14.1. The summed E-state index contributed by atoms with van der Waals surface area (Å²) in [5.41, 5.74) is 4.05. The van der Waals surface area contributed by atoms with E-state index in [1.807, 2.05) is 27.7 Å². The number of benzene rings is 1. The number of hydrogen-bond donors (Lipinski definition) is 0. The van der Waals surface area contributed by atoms with Crippen LogP contribution in [0.25, 0.3) is 5.57 Å². The lowest BCUT2D eigenvalue weighted by Gasteiger charge is -2.12. The van der Waals surface area contributed by atoms with Crippen molar-refractivity contribution < 1.29 is 0 Å². The lowest BCUT2D eigenvalue weighted by molar-refractivity contribution is 0.545. The van der Waals surface area contributed by atoms with Gasteiger partial charge < -0.3 is 0 Å². The topological polar surface area (TPSA) is 0 Å². The summed E-state index contributed by atoms with van der Waals surface area (Å²) in [7, 11) is 0. The fourth-order valence-electron chi connectivity index (χ4n) is 2.07. The van der Waals surface area contributed by atoms with Gasteiger partial charge in [0.25, 0.3) is 0 Å². The summed E-state index contributed by atoms with van der Waals surface area (Å²) in [6, 6.07) is 8.81. The molecule has 1 aromatic rings. The largest absolute Gasteiger partial charge is 0.0839 e. The van der Waals surface area contributed by atoms with Crippen molar-refractivity contribution in [2.24, 2.45) is 5.92 Å². The summed E-state index contributed by atoms with van der Waals surface area (Å²) in [5.74, 6) is 0.811. The van der Waals surface area contributed by atoms with E-state index in [0.29, 0.717) is 0 Å². The third-order valence-electron chi connectivity index (χ3n) is 3.25. The Morgan fingerprint density at radius 2 is 1.55 bits per heavy atom. The van der Waals surface area contributed by atoms with E-state index in [1.165, 1.54) is 36.0 Å². The average Bonchev–Trinajstić information content (AvgIpc) is 2.49. The van der Waals surface area contributed by atoms with Crippen LogP contribution < -0.4 is 0 Å². The van der Waals surface area contributed by atoms with Crippen LogP contribution in [0.5, 0.6) is 0 Å². The predicted molar refractivity (Wildman–Crippen MR) is 94.0 cm³/mol. The minimum atomic E-state index is 0.811. The van der Waals surface area contributed by atoms with Crippen LogP contribution in [0.4, 0.5) is 0 Å². The van der Waals surface area contributed by atoms with E-state index in [1.54, 1.807) is 0 Å².